The third kappa shape index (κ3) is 0.700. The smallest absolute Gasteiger partial charge is 0.0682 e. The van der Waals surface area contributed by atoms with Gasteiger partial charge in [-0.2, -0.15) is 0 Å². The fourth-order valence-corrected chi connectivity index (χ4v) is 2.38. The van der Waals surface area contributed by atoms with Crippen molar-refractivity contribution < 1.29 is 5.11 Å². The van der Waals surface area contributed by atoms with Crippen LogP contribution in [-0.2, 0) is 0 Å². The highest BCUT2D eigenvalue weighted by molar-refractivity contribution is 5.11. The maximum atomic E-state index is 9.53. The summed E-state index contributed by atoms with van der Waals surface area (Å²) in [6.45, 7) is 0. The minimum Gasteiger partial charge on any atom is -0.390 e. The molecule has 0 amide bonds. The second kappa shape index (κ2) is 1.32. The summed E-state index contributed by atoms with van der Waals surface area (Å²) in [5, 5.41) is 9.53. The Balaban J connectivity index is 2.12. The average molecular weight is 127 g/mol. The molecule has 2 nitrogen and oxygen atoms in total. The van der Waals surface area contributed by atoms with Gasteiger partial charge in [-0.15, -0.1) is 0 Å². The summed E-state index contributed by atoms with van der Waals surface area (Å²) >= 11 is 0. The first-order chi connectivity index (χ1) is 4.12. The van der Waals surface area contributed by atoms with Gasteiger partial charge in [-0.3, -0.25) is 0 Å². The van der Waals surface area contributed by atoms with Crippen LogP contribution in [0.3, 0.4) is 0 Å². The first-order valence-electron chi connectivity index (χ1n) is 3.63. The van der Waals surface area contributed by atoms with Crippen molar-refractivity contribution in [2.75, 3.05) is 0 Å². The maximum absolute atomic E-state index is 9.53. The van der Waals surface area contributed by atoms with E-state index in [9.17, 15) is 5.11 Å². The zero-order chi connectivity index (χ0) is 6.54. The van der Waals surface area contributed by atoms with Crippen LogP contribution in [0.2, 0.25) is 0 Å². The van der Waals surface area contributed by atoms with Crippen molar-refractivity contribution in [3.63, 3.8) is 0 Å². The van der Waals surface area contributed by atoms with E-state index >= 15 is 0 Å². The molecule has 3 aliphatic rings. The van der Waals surface area contributed by atoms with Crippen molar-refractivity contribution in [2.45, 2.75) is 43.2 Å². The standard InChI is InChI=1S/C7H13NO/c8-6-2-1-3-7(9,4-6)5-6/h9H,1-5,8H2. The van der Waals surface area contributed by atoms with Gasteiger partial charge in [0.05, 0.1) is 5.60 Å². The molecule has 0 aromatic carbocycles. The van der Waals surface area contributed by atoms with Crippen molar-refractivity contribution in [1.29, 1.82) is 0 Å². The molecule has 52 valence electrons. The SMILES string of the molecule is NC12CCCC(O)(C1)C2. The largest absolute Gasteiger partial charge is 0.390 e. The highest BCUT2D eigenvalue weighted by Gasteiger charge is 2.53. The van der Waals surface area contributed by atoms with E-state index in [-0.39, 0.29) is 11.1 Å². The quantitative estimate of drug-likeness (QED) is 0.494. The summed E-state index contributed by atoms with van der Waals surface area (Å²) in [6.07, 6.45) is 4.91. The molecule has 0 saturated heterocycles. The Labute approximate surface area is 55.1 Å². The molecule has 3 rings (SSSR count). The lowest BCUT2D eigenvalue weighted by molar-refractivity contribution is -0.122. The van der Waals surface area contributed by atoms with Gasteiger partial charge in [-0.25, -0.2) is 0 Å². The molecule has 0 aromatic rings. The Morgan fingerprint density at radius 2 is 1.89 bits per heavy atom. The normalized spacial score (nSPS) is 56.7. The fourth-order valence-electron chi connectivity index (χ4n) is 2.38. The monoisotopic (exact) mass is 127 g/mol. The van der Waals surface area contributed by atoms with Crippen LogP contribution in [0.25, 0.3) is 0 Å². The predicted molar refractivity (Wildman–Crippen MR) is 35.0 cm³/mol. The Morgan fingerprint density at radius 3 is 2.22 bits per heavy atom. The van der Waals surface area contributed by atoms with Crippen LogP contribution in [0, 0.1) is 0 Å². The zero-order valence-corrected chi connectivity index (χ0v) is 5.56. The number of nitrogens with two attached hydrogens (primary N) is 1. The zero-order valence-electron chi connectivity index (χ0n) is 5.56. The van der Waals surface area contributed by atoms with Gasteiger partial charge in [-0.05, 0) is 32.1 Å². The van der Waals surface area contributed by atoms with Crippen LogP contribution in [0.4, 0.5) is 0 Å². The molecule has 0 atom stereocenters. The minimum absolute atomic E-state index is 0.0347. The van der Waals surface area contributed by atoms with E-state index in [0.29, 0.717) is 0 Å². The molecule has 3 N–H and O–H groups in total. The van der Waals surface area contributed by atoms with Gasteiger partial charge in [0.25, 0.3) is 0 Å². The van der Waals surface area contributed by atoms with E-state index in [1.54, 1.807) is 0 Å². The highest BCUT2D eigenvalue weighted by Crippen LogP contribution is 2.50. The molecule has 3 saturated carbocycles. The summed E-state index contributed by atoms with van der Waals surface area (Å²) in [7, 11) is 0. The maximum Gasteiger partial charge on any atom is 0.0682 e. The number of hydrogen-bond acceptors (Lipinski definition) is 2. The van der Waals surface area contributed by atoms with Crippen LogP contribution in [0.15, 0.2) is 0 Å². The molecule has 2 bridgehead atoms. The fraction of sp³-hybridized carbons (Fsp3) is 1.00. The molecule has 0 spiro atoms. The number of aliphatic hydroxyl groups is 1. The van der Waals surface area contributed by atoms with Crippen LogP contribution < -0.4 is 5.73 Å². The Morgan fingerprint density at radius 1 is 1.22 bits per heavy atom. The van der Waals surface area contributed by atoms with Gasteiger partial charge in [0.1, 0.15) is 0 Å². The van der Waals surface area contributed by atoms with Gasteiger partial charge in [0.15, 0.2) is 0 Å². The Kier molecular flexibility index (Phi) is 0.837. The second-order valence-electron chi connectivity index (χ2n) is 3.79. The van der Waals surface area contributed by atoms with E-state index in [1.165, 1.54) is 0 Å². The number of hydrogen-bond donors (Lipinski definition) is 2. The average Bonchev–Trinajstić information content (AvgIpc) is 1.59. The molecular weight excluding hydrogens is 114 g/mol. The van der Waals surface area contributed by atoms with Crippen LogP contribution in [0.5, 0.6) is 0 Å². The van der Waals surface area contributed by atoms with E-state index in [2.05, 4.69) is 0 Å². The molecule has 0 aromatic heterocycles. The van der Waals surface area contributed by atoms with Crippen molar-refractivity contribution in [3.05, 3.63) is 0 Å². The third-order valence-electron chi connectivity index (χ3n) is 2.68. The summed E-state index contributed by atoms with van der Waals surface area (Å²) in [5.74, 6) is 0. The lowest BCUT2D eigenvalue weighted by Gasteiger charge is -2.55. The van der Waals surface area contributed by atoms with Gasteiger partial charge < -0.3 is 10.8 Å². The van der Waals surface area contributed by atoms with Crippen molar-refractivity contribution in [2.24, 2.45) is 5.73 Å². The molecule has 0 unspecified atom stereocenters. The van der Waals surface area contributed by atoms with Crippen molar-refractivity contribution >= 4 is 0 Å². The van der Waals surface area contributed by atoms with E-state index in [4.69, 9.17) is 5.73 Å². The second-order valence-corrected chi connectivity index (χ2v) is 3.79. The summed E-state index contributed by atoms with van der Waals surface area (Å²) in [6, 6.07) is 0. The van der Waals surface area contributed by atoms with Gasteiger partial charge in [0, 0.05) is 5.54 Å². The third-order valence-corrected chi connectivity index (χ3v) is 2.68. The molecule has 3 fully saturated rings. The van der Waals surface area contributed by atoms with E-state index < -0.39 is 0 Å². The van der Waals surface area contributed by atoms with Crippen LogP contribution in [-0.4, -0.2) is 16.2 Å². The van der Waals surface area contributed by atoms with E-state index in [1.807, 2.05) is 0 Å². The molecule has 2 heteroatoms. The van der Waals surface area contributed by atoms with Crippen molar-refractivity contribution in [1.82, 2.24) is 0 Å². The minimum atomic E-state index is -0.340. The lowest BCUT2D eigenvalue weighted by Crippen LogP contribution is -2.64. The molecule has 9 heavy (non-hydrogen) atoms. The number of rotatable bonds is 0. The number of fused-ring (bicyclic) bond motifs is 2. The topological polar surface area (TPSA) is 46.2 Å². The molecule has 0 heterocycles. The van der Waals surface area contributed by atoms with Gasteiger partial charge >= 0.3 is 0 Å². The van der Waals surface area contributed by atoms with Gasteiger partial charge in [0.2, 0.25) is 0 Å². The molecule has 3 aliphatic carbocycles. The summed E-state index contributed by atoms with van der Waals surface area (Å²) in [5.41, 5.74) is 5.56. The highest BCUT2D eigenvalue weighted by atomic mass is 16.3. The molecule has 0 radical (unpaired) electrons. The lowest BCUT2D eigenvalue weighted by atomic mass is 9.57. The summed E-state index contributed by atoms with van der Waals surface area (Å²) < 4.78 is 0. The first kappa shape index (κ1) is 5.69. The molecule has 0 aliphatic heterocycles. The predicted octanol–water partition coefficient (Wildman–Crippen LogP) is 0.393. The molecular formula is C7H13NO. The van der Waals surface area contributed by atoms with Crippen molar-refractivity contribution in [3.8, 4) is 0 Å². The van der Waals surface area contributed by atoms with Gasteiger partial charge in [-0.1, -0.05) is 0 Å². The van der Waals surface area contributed by atoms with Crippen LogP contribution >= 0.6 is 0 Å². The Hall–Kier alpha value is -0.0800. The van der Waals surface area contributed by atoms with Crippen LogP contribution in [0.1, 0.15) is 32.1 Å². The van der Waals surface area contributed by atoms with E-state index in [0.717, 1.165) is 32.1 Å². The Bertz CT molecular complexity index is 124. The summed E-state index contributed by atoms with van der Waals surface area (Å²) in [4.78, 5) is 0. The first-order valence-corrected chi connectivity index (χ1v) is 3.63.